The minimum atomic E-state index is -0.507. The zero-order valence-electron chi connectivity index (χ0n) is 10.4. The van der Waals surface area contributed by atoms with E-state index in [9.17, 15) is 5.11 Å². The molecule has 2 aromatic heterocycles. The van der Waals surface area contributed by atoms with Crippen molar-refractivity contribution in [1.29, 1.82) is 0 Å². The Hall–Kier alpha value is -1.68. The lowest BCUT2D eigenvalue weighted by Gasteiger charge is -2.13. The zero-order chi connectivity index (χ0) is 12.4. The summed E-state index contributed by atoms with van der Waals surface area (Å²) in [4.78, 5) is 4.03. The van der Waals surface area contributed by atoms with Gasteiger partial charge in [-0.25, -0.2) is 0 Å². The zero-order valence-corrected chi connectivity index (χ0v) is 10.4. The Kier molecular flexibility index (Phi) is 3.24. The summed E-state index contributed by atoms with van der Waals surface area (Å²) in [6.07, 6.45) is 3.54. The summed E-state index contributed by atoms with van der Waals surface area (Å²) in [6.45, 7) is 3.91. The summed E-state index contributed by atoms with van der Waals surface area (Å²) >= 11 is 0. The first-order valence-electron chi connectivity index (χ1n) is 5.66. The molecule has 1 atom stereocenters. The number of hydrogen-bond acceptors (Lipinski definition) is 3. The van der Waals surface area contributed by atoms with Gasteiger partial charge in [0.25, 0.3) is 0 Å². The molecule has 0 spiro atoms. The van der Waals surface area contributed by atoms with Crippen LogP contribution in [0.25, 0.3) is 0 Å². The lowest BCUT2D eigenvalue weighted by Crippen LogP contribution is -2.07. The van der Waals surface area contributed by atoms with E-state index >= 15 is 0 Å². The van der Waals surface area contributed by atoms with E-state index in [1.54, 1.807) is 12.4 Å². The SMILES string of the molecule is Cc1cc(CC(O)c2ccncc2C)n(C)n1. The van der Waals surface area contributed by atoms with Gasteiger partial charge in [-0.15, -0.1) is 0 Å². The van der Waals surface area contributed by atoms with E-state index in [0.29, 0.717) is 6.42 Å². The van der Waals surface area contributed by atoms with Crippen LogP contribution in [0, 0.1) is 13.8 Å². The van der Waals surface area contributed by atoms with E-state index < -0.39 is 6.10 Å². The third kappa shape index (κ3) is 2.53. The van der Waals surface area contributed by atoms with Crippen LogP contribution in [-0.4, -0.2) is 19.9 Å². The predicted molar refractivity (Wildman–Crippen MR) is 65.6 cm³/mol. The molecule has 0 aliphatic carbocycles. The summed E-state index contributed by atoms with van der Waals surface area (Å²) in [7, 11) is 1.90. The number of aryl methyl sites for hydroxylation is 3. The Morgan fingerprint density at radius 1 is 1.41 bits per heavy atom. The highest BCUT2D eigenvalue weighted by Crippen LogP contribution is 2.20. The summed E-state index contributed by atoms with van der Waals surface area (Å²) in [6, 6.07) is 3.86. The number of nitrogens with zero attached hydrogens (tertiary/aromatic N) is 3. The lowest BCUT2D eigenvalue weighted by atomic mass is 10.0. The quantitative estimate of drug-likeness (QED) is 0.874. The van der Waals surface area contributed by atoms with E-state index in [1.807, 2.05) is 37.7 Å². The van der Waals surface area contributed by atoms with Crippen LogP contribution in [0.1, 0.15) is 28.6 Å². The average molecular weight is 231 g/mol. The maximum absolute atomic E-state index is 10.2. The molecule has 4 nitrogen and oxygen atoms in total. The number of pyridine rings is 1. The Labute approximate surface area is 101 Å². The second-order valence-corrected chi connectivity index (χ2v) is 4.35. The average Bonchev–Trinajstić information content (AvgIpc) is 2.58. The van der Waals surface area contributed by atoms with E-state index in [1.165, 1.54) is 0 Å². The fraction of sp³-hybridized carbons (Fsp3) is 0.385. The second-order valence-electron chi connectivity index (χ2n) is 4.35. The van der Waals surface area contributed by atoms with E-state index in [0.717, 1.165) is 22.5 Å². The van der Waals surface area contributed by atoms with Crippen molar-refractivity contribution in [1.82, 2.24) is 14.8 Å². The molecule has 2 heterocycles. The number of aromatic nitrogens is 3. The highest BCUT2D eigenvalue weighted by molar-refractivity contribution is 5.25. The monoisotopic (exact) mass is 231 g/mol. The fourth-order valence-corrected chi connectivity index (χ4v) is 2.02. The molecule has 0 saturated heterocycles. The lowest BCUT2D eigenvalue weighted by molar-refractivity contribution is 0.175. The van der Waals surface area contributed by atoms with E-state index in [4.69, 9.17) is 0 Å². The van der Waals surface area contributed by atoms with Gasteiger partial charge in [-0.2, -0.15) is 5.10 Å². The van der Waals surface area contributed by atoms with Crippen molar-refractivity contribution in [3.63, 3.8) is 0 Å². The van der Waals surface area contributed by atoms with Crippen LogP contribution in [0.5, 0.6) is 0 Å². The molecule has 0 saturated carbocycles. The molecule has 2 aromatic rings. The van der Waals surface area contributed by atoms with Crippen LogP contribution in [0.15, 0.2) is 24.5 Å². The molecule has 0 radical (unpaired) electrons. The Morgan fingerprint density at radius 2 is 2.18 bits per heavy atom. The molecule has 1 N–H and O–H groups in total. The molecule has 0 aromatic carbocycles. The maximum Gasteiger partial charge on any atom is 0.0848 e. The first kappa shape index (κ1) is 11.8. The first-order valence-corrected chi connectivity index (χ1v) is 5.66. The van der Waals surface area contributed by atoms with Crippen LogP contribution >= 0.6 is 0 Å². The largest absolute Gasteiger partial charge is 0.388 e. The van der Waals surface area contributed by atoms with Gasteiger partial charge in [-0.3, -0.25) is 9.67 Å². The molecule has 0 aliphatic heterocycles. The van der Waals surface area contributed by atoms with E-state index in [-0.39, 0.29) is 0 Å². The summed E-state index contributed by atoms with van der Waals surface area (Å²) in [5, 5.41) is 14.5. The van der Waals surface area contributed by atoms with Crippen LogP contribution in [0.3, 0.4) is 0 Å². The van der Waals surface area contributed by atoms with E-state index in [2.05, 4.69) is 10.1 Å². The van der Waals surface area contributed by atoms with Gasteiger partial charge in [0, 0.05) is 31.6 Å². The molecule has 1 unspecified atom stereocenters. The summed E-state index contributed by atoms with van der Waals surface area (Å²) < 4.78 is 1.81. The van der Waals surface area contributed by atoms with Crippen molar-refractivity contribution >= 4 is 0 Å². The van der Waals surface area contributed by atoms with Gasteiger partial charge >= 0.3 is 0 Å². The smallest absolute Gasteiger partial charge is 0.0848 e. The minimum Gasteiger partial charge on any atom is -0.388 e. The topological polar surface area (TPSA) is 50.9 Å². The van der Waals surface area contributed by atoms with Crippen molar-refractivity contribution in [2.75, 3.05) is 0 Å². The normalized spacial score (nSPS) is 12.7. The molecular weight excluding hydrogens is 214 g/mol. The van der Waals surface area contributed by atoms with Crippen LogP contribution < -0.4 is 0 Å². The third-order valence-corrected chi connectivity index (χ3v) is 2.92. The number of rotatable bonds is 3. The van der Waals surface area contributed by atoms with Gasteiger partial charge < -0.3 is 5.11 Å². The molecular formula is C13H17N3O. The van der Waals surface area contributed by atoms with Crippen LogP contribution in [0.2, 0.25) is 0 Å². The van der Waals surface area contributed by atoms with Crippen molar-refractivity contribution in [3.05, 3.63) is 47.0 Å². The third-order valence-electron chi connectivity index (χ3n) is 2.92. The predicted octanol–water partition coefficient (Wildman–Crippen LogP) is 1.71. The second kappa shape index (κ2) is 4.67. The highest BCUT2D eigenvalue weighted by atomic mass is 16.3. The molecule has 0 bridgehead atoms. The molecule has 17 heavy (non-hydrogen) atoms. The van der Waals surface area contributed by atoms with Gasteiger partial charge in [0.15, 0.2) is 0 Å². The fourth-order valence-electron chi connectivity index (χ4n) is 2.02. The van der Waals surface area contributed by atoms with Crippen LogP contribution in [0.4, 0.5) is 0 Å². The number of hydrogen-bond donors (Lipinski definition) is 1. The molecule has 0 aliphatic rings. The Morgan fingerprint density at radius 3 is 2.76 bits per heavy atom. The molecule has 0 amide bonds. The minimum absolute atomic E-state index is 0.507. The van der Waals surface area contributed by atoms with Gasteiger partial charge in [-0.05, 0) is 37.1 Å². The molecule has 4 heteroatoms. The standard InChI is InChI=1S/C13H17N3O/c1-9-8-14-5-4-12(9)13(17)7-11-6-10(2)15-16(11)3/h4-6,8,13,17H,7H2,1-3H3. The van der Waals surface area contributed by atoms with Gasteiger partial charge in [0.1, 0.15) is 0 Å². The van der Waals surface area contributed by atoms with Crippen molar-refractivity contribution < 1.29 is 5.11 Å². The van der Waals surface area contributed by atoms with Crippen LogP contribution in [-0.2, 0) is 13.5 Å². The van der Waals surface area contributed by atoms with Gasteiger partial charge in [0.2, 0.25) is 0 Å². The van der Waals surface area contributed by atoms with Crippen molar-refractivity contribution in [2.24, 2.45) is 7.05 Å². The number of aliphatic hydroxyl groups is 1. The summed E-state index contributed by atoms with van der Waals surface area (Å²) in [5.74, 6) is 0. The maximum atomic E-state index is 10.2. The van der Waals surface area contributed by atoms with Gasteiger partial charge in [-0.1, -0.05) is 0 Å². The Bertz CT molecular complexity index is 519. The molecule has 0 fully saturated rings. The van der Waals surface area contributed by atoms with Crippen molar-refractivity contribution in [3.8, 4) is 0 Å². The summed E-state index contributed by atoms with van der Waals surface area (Å²) in [5.41, 5.74) is 3.95. The molecule has 2 rings (SSSR count). The highest BCUT2D eigenvalue weighted by Gasteiger charge is 2.13. The first-order chi connectivity index (χ1) is 8.08. The Balaban J connectivity index is 2.20. The number of aliphatic hydroxyl groups excluding tert-OH is 1. The van der Waals surface area contributed by atoms with Gasteiger partial charge in [0.05, 0.1) is 11.8 Å². The van der Waals surface area contributed by atoms with Crippen molar-refractivity contribution in [2.45, 2.75) is 26.4 Å². The molecule has 90 valence electrons.